The molecular weight excluding hydrogens is 279 g/mol. The lowest BCUT2D eigenvalue weighted by Crippen LogP contribution is -2.11. The number of anilines is 1. The summed E-state index contributed by atoms with van der Waals surface area (Å²) in [5.41, 5.74) is 6.72. The van der Waals surface area contributed by atoms with Crippen molar-refractivity contribution in [3.63, 3.8) is 0 Å². The van der Waals surface area contributed by atoms with Gasteiger partial charge in [-0.3, -0.25) is 0 Å². The van der Waals surface area contributed by atoms with E-state index in [4.69, 9.17) is 5.73 Å². The number of fused-ring (bicyclic) bond motifs is 1. The fourth-order valence-electron chi connectivity index (χ4n) is 2.09. The lowest BCUT2D eigenvalue weighted by Gasteiger charge is -2.07. The highest BCUT2D eigenvalue weighted by molar-refractivity contribution is 7.90. The highest BCUT2D eigenvalue weighted by Gasteiger charge is 2.19. The van der Waals surface area contributed by atoms with Crippen molar-refractivity contribution in [2.45, 2.75) is 4.90 Å². The van der Waals surface area contributed by atoms with Gasteiger partial charge in [0.2, 0.25) is 0 Å². The standard InChI is InChI=1S/C14H11FN2O2S/c15-11-2-1-3-13(9-11)20(18,19)17-7-6-10-8-12(16)4-5-14(10)17/h1-9H,16H2. The number of nitrogens with zero attached hydrogens (tertiary/aromatic N) is 1. The number of aromatic nitrogens is 1. The van der Waals surface area contributed by atoms with E-state index in [-0.39, 0.29) is 4.90 Å². The predicted molar refractivity (Wildman–Crippen MR) is 75.3 cm³/mol. The van der Waals surface area contributed by atoms with Gasteiger partial charge in [-0.05, 0) is 42.5 Å². The van der Waals surface area contributed by atoms with Crippen molar-refractivity contribution in [3.05, 3.63) is 60.5 Å². The smallest absolute Gasteiger partial charge is 0.268 e. The largest absolute Gasteiger partial charge is 0.399 e. The molecule has 0 radical (unpaired) electrons. The molecule has 0 unspecified atom stereocenters. The Hall–Kier alpha value is -2.34. The van der Waals surface area contributed by atoms with Crippen LogP contribution in [0.1, 0.15) is 0 Å². The molecule has 0 aliphatic heterocycles. The highest BCUT2D eigenvalue weighted by atomic mass is 32.2. The van der Waals surface area contributed by atoms with Crippen LogP contribution in [0.15, 0.2) is 59.6 Å². The molecule has 3 aromatic rings. The molecule has 0 atom stereocenters. The maximum atomic E-state index is 13.2. The van der Waals surface area contributed by atoms with Gasteiger partial charge >= 0.3 is 0 Å². The first-order valence-corrected chi connectivity index (χ1v) is 7.30. The van der Waals surface area contributed by atoms with Gasteiger partial charge < -0.3 is 5.73 Å². The molecular formula is C14H11FN2O2S. The van der Waals surface area contributed by atoms with Crippen LogP contribution in [0.25, 0.3) is 10.9 Å². The summed E-state index contributed by atoms with van der Waals surface area (Å²) in [6.45, 7) is 0. The maximum absolute atomic E-state index is 13.2. The molecule has 3 rings (SSSR count). The summed E-state index contributed by atoms with van der Waals surface area (Å²) in [5.74, 6) is -0.591. The van der Waals surface area contributed by atoms with Crippen molar-refractivity contribution in [2.24, 2.45) is 0 Å². The normalized spacial score (nSPS) is 11.8. The second-order valence-corrected chi connectivity index (χ2v) is 6.21. The zero-order chi connectivity index (χ0) is 14.3. The Labute approximate surface area is 115 Å². The van der Waals surface area contributed by atoms with Gasteiger partial charge in [-0.2, -0.15) is 0 Å². The minimum atomic E-state index is -3.82. The number of hydrogen-bond acceptors (Lipinski definition) is 3. The third kappa shape index (κ3) is 1.94. The van der Waals surface area contributed by atoms with Crippen LogP contribution < -0.4 is 5.73 Å². The number of nitrogen functional groups attached to an aromatic ring is 1. The van der Waals surface area contributed by atoms with Crippen molar-refractivity contribution in [2.75, 3.05) is 5.73 Å². The van der Waals surface area contributed by atoms with E-state index in [1.807, 2.05) is 0 Å². The second kappa shape index (κ2) is 4.35. The van der Waals surface area contributed by atoms with Crippen LogP contribution in [-0.4, -0.2) is 12.4 Å². The van der Waals surface area contributed by atoms with Crippen molar-refractivity contribution in [3.8, 4) is 0 Å². The second-order valence-electron chi connectivity index (χ2n) is 4.39. The fourth-order valence-corrected chi connectivity index (χ4v) is 3.47. The van der Waals surface area contributed by atoms with Crippen molar-refractivity contribution in [1.82, 2.24) is 3.97 Å². The van der Waals surface area contributed by atoms with E-state index in [9.17, 15) is 12.8 Å². The van der Waals surface area contributed by atoms with Gasteiger partial charge in [-0.15, -0.1) is 0 Å². The van der Waals surface area contributed by atoms with E-state index in [0.29, 0.717) is 16.6 Å². The molecule has 0 bridgehead atoms. The van der Waals surface area contributed by atoms with E-state index >= 15 is 0 Å². The lowest BCUT2D eigenvalue weighted by molar-refractivity contribution is 0.584. The van der Waals surface area contributed by atoms with Gasteiger partial charge in [-0.1, -0.05) is 6.07 Å². The molecule has 0 aliphatic rings. The average Bonchev–Trinajstić information content (AvgIpc) is 2.82. The molecule has 0 fully saturated rings. The zero-order valence-electron chi connectivity index (χ0n) is 10.3. The number of benzene rings is 2. The Morgan fingerprint density at radius 1 is 1.05 bits per heavy atom. The first kappa shape index (κ1) is 12.7. The molecule has 0 saturated carbocycles. The van der Waals surface area contributed by atoms with E-state index < -0.39 is 15.8 Å². The van der Waals surface area contributed by atoms with Crippen LogP contribution in [0, 0.1) is 5.82 Å². The molecule has 0 aliphatic carbocycles. The fraction of sp³-hybridized carbons (Fsp3) is 0. The van der Waals surface area contributed by atoms with E-state index in [1.165, 1.54) is 24.4 Å². The SMILES string of the molecule is Nc1ccc2c(ccn2S(=O)(=O)c2cccc(F)c2)c1. The van der Waals surface area contributed by atoms with Crippen LogP contribution >= 0.6 is 0 Å². The summed E-state index contributed by atoms with van der Waals surface area (Å²) in [7, 11) is -3.82. The quantitative estimate of drug-likeness (QED) is 0.738. The summed E-state index contributed by atoms with van der Waals surface area (Å²) in [5, 5.41) is 0.713. The highest BCUT2D eigenvalue weighted by Crippen LogP contribution is 2.24. The van der Waals surface area contributed by atoms with Crippen LogP contribution in [-0.2, 0) is 10.0 Å². The summed E-state index contributed by atoms with van der Waals surface area (Å²) in [6, 6.07) is 11.5. The molecule has 4 nitrogen and oxygen atoms in total. The van der Waals surface area contributed by atoms with Crippen molar-refractivity contribution in [1.29, 1.82) is 0 Å². The molecule has 0 spiro atoms. The number of rotatable bonds is 2. The maximum Gasteiger partial charge on any atom is 0.268 e. The van der Waals surface area contributed by atoms with Gasteiger partial charge in [0.15, 0.2) is 0 Å². The summed E-state index contributed by atoms with van der Waals surface area (Å²) < 4.78 is 39.4. The summed E-state index contributed by atoms with van der Waals surface area (Å²) >= 11 is 0. The molecule has 1 heterocycles. The molecule has 2 aromatic carbocycles. The lowest BCUT2D eigenvalue weighted by atomic mass is 10.2. The minimum absolute atomic E-state index is 0.0909. The third-order valence-corrected chi connectivity index (χ3v) is 4.72. The molecule has 102 valence electrons. The van der Waals surface area contributed by atoms with Crippen molar-refractivity contribution >= 4 is 26.6 Å². The van der Waals surface area contributed by atoms with Gasteiger partial charge in [0.1, 0.15) is 5.82 Å². The summed E-state index contributed by atoms with van der Waals surface area (Å²) in [4.78, 5) is -0.0909. The molecule has 20 heavy (non-hydrogen) atoms. The first-order chi connectivity index (χ1) is 9.48. The Bertz CT molecular complexity index is 900. The van der Waals surface area contributed by atoms with Gasteiger partial charge in [0.25, 0.3) is 10.0 Å². The molecule has 1 aromatic heterocycles. The molecule has 6 heteroatoms. The van der Waals surface area contributed by atoms with Gasteiger partial charge in [-0.25, -0.2) is 16.8 Å². The van der Waals surface area contributed by atoms with E-state index in [0.717, 1.165) is 10.0 Å². The third-order valence-electron chi connectivity index (χ3n) is 3.03. The molecule has 2 N–H and O–H groups in total. The molecule has 0 saturated heterocycles. The number of nitrogens with two attached hydrogens (primary N) is 1. The van der Waals surface area contributed by atoms with E-state index in [1.54, 1.807) is 24.3 Å². The van der Waals surface area contributed by atoms with E-state index in [2.05, 4.69) is 0 Å². The molecule has 0 amide bonds. The topological polar surface area (TPSA) is 65.1 Å². The van der Waals surface area contributed by atoms with Gasteiger partial charge in [0.05, 0.1) is 10.4 Å². The number of hydrogen-bond donors (Lipinski definition) is 1. The Kier molecular flexibility index (Phi) is 2.76. The Morgan fingerprint density at radius 3 is 2.60 bits per heavy atom. The van der Waals surface area contributed by atoms with Crippen molar-refractivity contribution < 1.29 is 12.8 Å². The zero-order valence-corrected chi connectivity index (χ0v) is 11.1. The van der Waals surface area contributed by atoms with Gasteiger partial charge in [0, 0.05) is 17.3 Å². The first-order valence-electron chi connectivity index (χ1n) is 5.86. The Morgan fingerprint density at radius 2 is 1.85 bits per heavy atom. The number of halogens is 1. The van der Waals surface area contributed by atoms with Crippen LogP contribution in [0.4, 0.5) is 10.1 Å². The monoisotopic (exact) mass is 290 g/mol. The van der Waals surface area contributed by atoms with Crippen LogP contribution in [0.2, 0.25) is 0 Å². The minimum Gasteiger partial charge on any atom is -0.399 e. The average molecular weight is 290 g/mol. The predicted octanol–water partition coefficient (Wildman–Crippen LogP) is 2.60. The van der Waals surface area contributed by atoms with Crippen LogP contribution in [0.5, 0.6) is 0 Å². The Balaban J connectivity index is 2.24. The van der Waals surface area contributed by atoms with Crippen LogP contribution in [0.3, 0.4) is 0 Å². The summed E-state index contributed by atoms with van der Waals surface area (Å²) in [6.07, 6.45) is 1.43.